The summed E-state index contributed by atoms with van der Waals surface area (Å²) in [6.45, 7) is 2.52. The average molecular weight is 376 g/mol. The van der Waals surface area contributed by atoms with Crippen molar-refractivity contribution in [1.29, 1.82) is 0 Å². The van der Waals surface area contributed by atoms with E-state index >= 15 is 0 Å². The van der Waals surface area contributed by atoms with Gasteiger partial charge in [0.15, 0.2) is 0 Å². The number of hydrogen-bond acceptors (Lipinski definition) is 3. The van der Waals surface area contributed by atoms with E-state index in [0.717, 1.165) is 3.57 Å². The Morgan fingerprint density at radius 3 is 2.79 bits per heavy atom. The molecule has 2 amide bonds. The fourth-order valence-electron chi connectivity index (χ4n) is 1.40. The van der Waals surface area contributed by atoms with Gasteiger partial charge in [0.2, 0.25) is 5.91 Å². The third kappa shape index (κ3) is 5.56. The second-order valence-electron chi connectivity index (χ2n) is 3.99. The first-order valence-electron chi connectivity index (χ1n) is 5.87. The van der Waals surface area contributed by atoms with Gasteiger partial charge in [-0.05, 0) is 47.7 Å². The topological polar surface area (TPSA) is 67.4 Å². The Morgan fingerprint density at radius 1 is 1.42 bits per heavy atom. The second-order valence-corrected chi connectivity index (χ2v) is 5.23. The molecule has 0 radical (unpaired) electrons. The molecule has 19 heavy (non-hydrogen) atoms. The highest BCUT2D eigenvalue weighted by molar-refractivity contribution is 14.1. The number of carbonyl (C=O) groups excluding carboxylic acids is 2. The number of hydrogen-bond donors (Lipinski definition) is 2. The predicted molar refractivity (Wildman–Crippen MR) is 81.0 cm³/mol. The summed E-state index contributed by atoms with van der Waals surface area (Å²) in [5.41, 5.74) is 0.545. The Labute approximate surface area is 126 Å². The van der Waals surface area contributed by atoms with Crippen molar-refractivity contribution in [2.75, 3.05) is 20.3 Å². The van der Waals surface area contributed by atoms with Gasteiger partial charge in [-0.15, -0.1) is 0 Å². The number of rotatable bonds is 6. The minimum atomic E-state index is -0.581. The molecule has 1 atom stereocenters. The van der Waals surface area contributed by atoms with E-state index in [2.05, 4.69) is 33.2 Å². The molecule has 1 rings (SSSR count). The normalized spacial score (nSPS) is 11.7. The molecule has 2 N–H and O–H groups in total. The van der Waals surface area contributed by atoms with Crippen LogP contribution in [0.3, 0.4) is 0 Å². The summed E-state index contributed by atoms with van der Waals surface area (Å²) in [5, 5.41) is 5.33. The van der Waals surface area contributed by atoms with E-state index in [1.165, 1.54) is 0 Å². The molecule has 0 saturated carbocycles. The van der Waals surface area contributed by atoms with E-state index in [1.54, 1.807) is 32.2 Å². The molecule has 0 aliphatic rings. The van der Waals surface area contributed by atoms with Crippen molar-refractivity contribution < 1.29 is 14.3 Å². The number of amides is 2. The van der Waals surface area contributed by atoms with Crippen molar-refractivity contribution in [3.05, 3.63) is 33.4 Å². The number of benzene rings is 1. The highest BCUT2D eigenvalue weighted by Crippen LogP contribution is 2.07. The van der Waals surface area contributed by atoms with Gasteiger partial charge in [-0.1, -0.05) is 6.07 Å². The molecule has 0 aliphatic heterocycles. The zero-order chi connectivity index (χ0) is 14.3. The Hall–Kier alpha value is -1.15. The van der Waals surface area contributed by atoms with Crippen LogP contribution < -0.4 is 10.6 Å². The van der Waals surface area contributed by atoms with Crippen LogP contribution in [0.5, 0.6) is 0 Å². The van der Waals surface area contributed by atoms with Crippen LogP contribution in [0.15, 0.2) is 24.3 Å². The van der Waals surface area contributed by atoms with Gasteiger partial charge in [0.05, 0.1) is 6.61 Å². The van der Waals surface area contributed by atoms with Crippen LogP contribution in [0, 0.1) is 3.57 Å². The van der Waals surface area contributed by atoms with E-state index in [0.29, 0.717) is 18.7 Å². The summed E-state index contributed by atoms with van der Waals surface area (Å²) in [5.74, 6) is -0.482. The lowest BCUT2D eigenvalue weighted by molar-refractivity contribution is -0.122. The van der Waals surface area contributed by atoms with Crippen LogP contribution in [-0.2, 0) is 9.53 Å². The molecule has 5 nitrogen and oxygen atoms in total. The SMILES string of the molecule is COCCNC(=O)C(C)NC(=O)c1cccc(I)c1. The van der Waals surface area contributed by atoms with E-state index in [1.807, 2.05) is 6.07 Å². The van der Waals surface area contributed by atoms with Crippen molar-refractivity contribution in [3.8, 4) is 0 Å². The van der Waals surface area contributed by atoms with Gasteiger partial charge < -0.3 is 15.4 Å². The second kappa shape index (κ2) is 8.11. The van der Waals surface area contributed by atoms with Crippen molar-refractivity contribution in [1.82, 2.24) is 10.6 Å². The van der Waals surface area contributed by atoms with Crippen molar-refractivity contribution >= 4 is 34.4 Å². The summed E-state index contributed by atoms with van der Waals surface area (Å²) in [7, 11) is 1.56. The molecule has 6 heteroatoms. The third-order valence-electron chi connectivity index (χ3n) is 2.43. The molecule has 1 unspecified atom stereocenters. The van der Waals surface area contributed by atoms with Gasteiger partial charge >= 0.3 is 0 Å². The summed E-state index contributed by atoms with van der Waals surface area (Å²) in [6.07, 6.45) is 0. The zero-order valence-electron chi connectivity index (χ0n) is 10.9. The third-order valence-corrected chi connectivity index (χ3v) is 3.10. The molecular formula is C13H17IN2O3. The van der Waals surface area contributed by atoms with Gasteiger partial charge in [0.25, 0.3) is 5.91 Å². The minimum Gasteiger partial charge on any atom is -0.383 e. The first kappa shape index (κ1) is 15.9. The Kier molecular flexibility index (Phi) is 6.79. The highest BCUT2D eigenvalue weighted by atomic mass is 127. The van der Waals surface area contributed by atoms with E-state index in [9.17, 15) is 9.59 Å². The van der Waals surface area contributed by atoms with E-state index in [-0.39, 0.29) is 11.8 Å². The number of nitrogens with one attached hydrogen (secondary N) is 2. The number of ether oxygens (including phenoxy) is 1. The van der Waals surface area contributed by atoms with Gasteiger partial charge in [0, 0.05) is 22.8 Å². The van der Waals surface area contributed by atoms with Crippen molar-refractivity contribution in [2.24, 2.45) is 0 Å². The fraction of sp³-hybridized carbons (Fsp3) is 0.385. The molecule has 0 heterocycles. The number of halogens is 1. The fourth-order valence-corrected chi connectivity index (χ4v) is 1.95. The average Bonchev–Trinajstić information content (AvgIpc) is 2.38. The van der Waals surface area contributed by atoms with Crippen LogP contribution in [0.4, 0.5) is 0 Å². The van der Waals surface area contributed by atoms with Gasteiger partial charge in [-0.2, -0.15) is 0 Å². The molecule has 0 saturated heterocycles. The van der Waals surface area contributed by atoms with Gasteiger partial charge in [0.1, 0.15) is 6.04 Å². The maximum absolute atomic E-state index is 11.9. The quantitative estimate of drug-likeness (QED) is 0.579. The molecule has 104 valence electrons. The lowest BCUT2D eigenvalue weighted by atomic mass is 10.2. The predicted octanol–water partition coefficient (Wildman–Crippen LogP) is 1.17. The highest BCUT2D eigenvalue weighted by Gasteiger charge is 2.16. The van der Waals surface area contributed by atoms with Gasteiger partial charge in [-0.25, -0.2) is 0 Å². The summed E-state index contributed by atoms with van der Waals surface area (Å²) in [4.78, 5) is 23.6. The maximum Gasteiger partial charge on any atom is 0.251 e. The molecule has 0 fully saturated rings. The maximum atomic E-state index is 11.9. The van der Waals surface area contributed by atoms with Crippen LogP contribution in [-0.4, -0.2) is 38.1 Å². The molecule has 0 spiro atoms. The molecule has 1 aromatic carbocycles. The largest absolute Gasteiger partial charge is 0.383 e. The Morgan fingerprint density at radius 2 is 2.16 bits per heavy atom. The smallest absolute Gasteiger partial charge is 0.251 e. The number of methoxy groups -OCH3 is 1. The summed E-state index contributed by atoms with van der Waals surface area (Å²) < 4.78 is 5.81. The van der Waals surface area contributed by atoms with E-state index < -0.39 is 6.04 Å². The number of carbonyl (C=O) groups is 2. The Balaban J connectivity index is 2.49. The Bertz CT molecular complexity index is 451. The van der Waals surface area contributed by atoms with Crippen molar-refractivity contribution in [2.45, 2.75) is 13.0 Å². The summed E-state index contributed by atoms with van der Waals surface area (Å²) >= 11 is 2.14. The lowest BCUT2D eigenvalue weighted by Crippen LogP contribution is -2.45. The van der Waals surface area contributed by atoms with Crippen LogP contribution in [0.2, 0.25) is 0 Å². The summed E-state index contributed by atoms with van der Waals surface area (Å²) in [6, 6.07) is 6.61. The van der Waals surface area contributed by atoms with Crippen LogP contribution in [0.25, 0.3) is 0 Å². The molecule has 0 bridgehead atoms. The molecule has 0 aliphatic carbocycles. The van der Waals surface area contributed by atoms with Crippen molar-refractivity contribution in [3.63, 3.8) is 0 Å². The first-order chi connectivity index (χ1) is 9.04. The first-order valence-corrected chi connectivity index (χ1v) is 6.95. The minimum absolute atomic E-state index is 0.226. The molecule has 0 aromatic heterocycles. The molecule has 1 aromatic rings. The molecular weight excluding hydrogens is 359 g/mol. The standard InChI is InChI=1S/C13H17IN2O3/c1-9(12(17)15-6-7-19-2)16-13(18)10-4-3-5-11(14)8-10/h3-5,8-9H,6-7H2,1-2H3,(H,15,17)(H,16,18). The van der Waals surface area contributed by atoms with E-state index in [4.69, 9.17) is 4.74 Å². The lowest BCUT2D eigenvalue weighted by Gasteiger charge is -2.14. The van der Waals surface area contributed by atoms with Gasteiger partial charge in [-0.3, -0.25) is 9.59 Å². The zero-order valence-corrected chi connectivity index (χ0v) is 13.1. The van der Waals surface area contributed by atoms with Crippen LogP contribution in [0.1, 0.15) is 17.3 Å². The van der Waals surface area contributed by atoms with Crippen LogP contribution >= 0.6 is 22.6 Å². The monoisotopic (exact) mass is 376 g/mol.